The lowest BCUT2D eigenvalue weighted by Crippen LogP contribution is -2.13. The van der Waals surface area contributed by atoms with Gasteiger partial charge >= 0.3 is 0 Å². The van der Waals surface area contributed by atoms with E-state index in [1.165, 1.54) is 7.11 Å². The number of aromatic hydroxyl groups is 2. The summed E-state index contributed by atoms with van der Waals surface area (Å²) in [5.74, 6) is -2.00. The first-order valence-corrected chi connectivity index (χ1v) is 3.67. The number of hydrogen-bond acceptors (Lipinski definition) is 5. The minimum atomic E-state index is -0.809. The van der Waals surface area contributed by atoms with Crippen molar-refractivity contribution >= 4 is 11.6 Å². The van der Waals surface area contributed by atoms with Gasteiger partial charge in [0.05, 0.1) is 18.4 Å². The molecule has 0 aliphatic heterocycles. The number of rotatable bonds is 2. The number of methoxy groups -OCH3 is 1. The molecular weight excluding hydrogens is 188 g/mol. The van der Waals surface area contributed by atoms with Gasteiger partial charge in [-0.25, -0.2) is 0 Å². The molecule has 1 aromatic rings. The summed E-state index contributed by atoms with van der Waals surface area (Å²) in [6.45, 7) is 0. The molecular formula is C8H10N2O4. The van der Waals surface area contributed by atoms with E-state index in [0.29, 0.717) is 0 Å². The van der Waals surface area contributed by atoms with Gasteiger partial charge in [0, 0.05) is 0 Å². The third-order valence-corrected chi connectivity index (χ3v) is 1.76. The van der Waals surface area contributed by atoms with Crippen LogP contribution in [0.4, 0.5) is 5.69 Å². The molecule has 76 valence electrons. The second-order valence-corrected chi connectivity index (χ2v) is 2.60. The standard InChI is InChI=1S/C8H10N2O4/c1-14-4-2-3(8(10)13)5(9)7(12)6(4)11/h2,11-12H,9H2,1H3,(H2,10,13). The highest BCUT2D eigenvalue weighted by Gasteiger charge is 2.18. The van der Waals surface area contributed by atoms with E-state index in [0.717, 1.165) is 6.07 Å². The third-order valence-electron chi connectivity index (χ3n) is 1.76. The normalized spacial score (nSPS) is 9.79. The van der Waals surface area contributed by atoms with Crippen molar-refractivity contribution in [3.05, 3.63) is 11.6 Å². The Morgan fingerprint density at radius 1 is 1.43 bits per heavy atom. The van der Waals surface area contributed by atoms with E-state index in [1.54, 1.807) is 0 Å². The molecule has 1 rings (SSSR count). The van der Waals surface area contributed by atoms with Crippen molar-refractivity contribution < 1.29 is 19.7 Å². The van der Waals surface area contributed by atoms with Crippen molar-refractivity contribution in [1.29, 1.82) is 0 Å². The summed E-state index contributed by atoms with van der Waals surface area (Å²) in [5, 5.41) is 18.6. The van der Waals surface area contributed by atoms with E-state index in [4.69, 9.17) is 16.2 Å². The van der Waals surface area contributed by atoms with Crippen LogP contribution < -0.4 is 16.2 Å². The Hall–Kier alpha value is -2.11. The molecule has 0 saturated carbocycles. The fourth-order valence-electron chi connectivity index (χ4n) is 1.01. The Balaban J connectivity index is 3.48. The number of carbonyl (C=O) groups is 1. The number of nitrogen functional groups attached to an aromatic ring is 1. The lowest BCUT2D eigenvalue weighted by Gasteiger charge is -2.09. The zero-order chi connectivity index (χ0) is 10.9. The summed E-state index contributed by atoms with van der Waals surface area (Å²) >= 11 is 0. The van der Waals surface area contributed by atoms with E-state index in [-0.39, 0.29) is 17.0 Å². The number of ether oxygens (including phenoxy) is 1. The maximum Gasteiger partial charge on any atom is 0.251 e. The molecule has 1 amide bonds. The van der Waals surface area contributed by atoms with Gasteiger partial charge in [-0.3, -0.25) is 4.79 Å². The second-order valence-electron chi connectivity index (χ2n) is 2.60. The minimum absolute atomic E-state index is 0.0644. The van der Waals surface area contributed by atoms with Crippen LogP contribution in [0, 0.1) is 0 Å². The van der Waals surface area contributed by atoms with Crippen LogP contribution in [0.25, 0.3) is 0 Å². The summed E-state index contributed by atoms with van der Waals surface area (Å²) in [5.41, 5.74) is 9.96. The first-order chi connectivity index (χ1) is 6.49. The fraction of sp³-hybridized carbons (Fsp3) is 0.125. The van der Waals surface area contributed by atoms with Crippen LogP contribution in [-0.2, 0) is 0 Å². The van der Waals surface area contributed by atoms with E-state index in [9.17, 15) is 15.0 Å². The molecule has 0 saturated heterocycles. The summed E-state index contributed by atoms with van der Waals surface area (Å²) in [6, 6.07) is 1.16. The third kappa shape index (κ3) is 1.37. The summed E-state index contributed by atoms with van der Waals surface area (Å²) in [4.78, 5) is 10.8. The van der Waals surface area contributed by atoms with Gasteiger partial charge in [0.2, 0.25) is 5.75 Å². The number of primary amides is 1. The maximum absolute atomic E-state index is 10.8. The number of hydrogen-bond donors (Lipinski definition) is 4. The molecule has 0 spiro atoms. The molecule has 0 aromatic heterocycles. The SMILES string of the molecule is COc1cc(C(N)=O)c(N)c(O)c1O. The highest BCUT2D eigenvalue weighted by atomic mass is 16.5. The summed E-state index contributed by atoms with van der Waals surface area (Å²) < 4.78 is 4.70. The maximum atomic E-state index is 10.8. The molecule has 0 unspecified atom stereocenters. The highest BCUT2D eigenvalue weighted by Crippen LogP contribution is 2.41. The fourth-order valence-corrected chi connectivity index (χ4v) is 1.01. The molecule has 6 nitrogen and oxygen atoms in total. The first kappa shape index (κ1) is 9.97. The van der Waals surface area contributed by atoms with Crippen molar-refractivity contribution in [1.82, 2.24) is 0 Å². The molecule has 6 N–H and O–H groups in total. The molecule has 6 heteroatoms. The predicted octanol–water partition coefficient (Wildman–Crippen LogP) is -0.213. The molecule has 0 fully saturated rings. The van der Waals surface area contributed by atoms with Gasteiger partial charge < -0.3 is 26.4 Å². The van der Waals surface area contributed by atoms with E-state index in [1.807, 2.05) is 0 Å². The van der Waals surface area contributed by atoms with Gasteiger partial charge in [0.15, 0.2) is 11.5 Å². The number of anilines is 1. The predicted molar refractivity (Wildman–Crippen MR) is 49.3 cm³/mol. The van der Waals surface area contributed by atoms with Crippen molar-refractivity contribution in [3.63, 3.8) is 0 Å². The Labute approximate surface area is 79.7 Å². The van der Waals surface area contributed by atoms with E-state index in [2.05, 4.69) is 0 Å². The average molecular weight is 198 g/mol. The Kier molecular flexibility index (Phi) is 2.37. The smallest absolute Gasteiger partial charge is 0.251 e. The lowest BCUT2D eigenvalue weighted by atomic mass is 10.1. The lowest BCUT2D eigenvalue weighted by molar-refractivity contribution is 0.100. The number of nitrogens with two attached hydrogens (primary N) is 2. The molecule has 14 heavy (non-hydrogen) atoms. The topological polar surface area (TPSA) is 119 Å². The van der Waals surface area contributed by atoms with Crippen molar-refractivity contribution in [2.24, 2.45) is 5.73 Å². The van der Waals surface area contributed by atoms with Crippen molar-refractivity contribution in [2.75, 3.05) is 12.8 Å². The van der Waals surface area contributed by atoms with Crippen LogP contribution in [0.3, 0.4) is 0 Å². The largest absolute Gasteiger partial charge is 0.503 e. The number of amides is 1. The van der Waals surface area contributed by atoms with Gasteiger partial charge in [-0.1, -0.05) is 0 Å². The van der Waals surface area contributed by atoms with E-state index >= 15 is 0 Å². The zero-order valence-corrected chi connectivity index (χ0v) is 7.44. The van der Waals surface area contributed by atoms with Crippen molar-refractivity contribution in [2.45, 2.75) is 0 Å². The number of carbonyl (C=O) groups excluding carboxylic acids is 1. The van der Waals surface area contributed by atoms with Crippen LogP contribution in [0.15, 0.2) is 6.07 Å². The van der Waals surface area contributed by atoms with Crippen LogP contribution >= 0.6 is 0 Å². The van der Waals surface area contributed by atoms with Gasteiger partial charge in [-0.2, -0.15) is 0 Å². The molecule has 0 aliphatic rings. The molecule has 0 aliphatic carbocycles. The number of phenolic OH excluding ortho intramolecular Hbond substituents is 2. The van der Waals surface area contributed by atoms with Crippen LogP contribution in [-0.4, -0.2) is 23.2 Å². The monoisotopic (exact) mass is 198 g/mol. The average Bonchev–Trinajstić information content (AvgIpc) is 2.14. The van der Waals surface area contributed by atoms with Crippen molar-refractivity contribution in [3.8, 4) is 17.2 Å². The van der Waals surface area contributed by atoms with Crippen LogP contribution in [0.2, 0.25) is 0 Å². The van der Waals surface area contributed by atoms with Crippen LogP contribution in [0.5, 0.6) is 17.2 Å². The molecule has 0 radical (unpaired) electrons. The number of benzene rings is 1. The molecule has 0 heterocycles. The minimum Gasteiger partial charge on any atom is -0.503 e. The highest BCUT2D eigenvalue weighted by molar-refractivity contribution is 6.00. The molecule has 0 atom stereocenters. The van der Waals surface area contributed by atoms with Gasteiger partial charge in [-0.05, 0) is 6.07 Å². The first-order valence-electron chi connectivity index (χ1n) is 3.67. The quantitative estimate of drug-likeness (QED) is 0.387. The molecule has 1 aromatic carbocycles. The summed E-state index contributed by atoms with van der Waals surface area (Å²) in [6.07, 6.45) is 0. The van der Waals surface area contributed by atoms with E-state index < -0.39 is 17.4 Å². The summed E-state index contributed by atoms with van der Waals surface area (Å²) in [7, 11) is 1.27. The second kappa shape index (κ2) is 3.33. The Morgan fingerprint density at radius 3 is 2.43 bits per heavy atom. The van der Waals surface area contributed by atoms with Gasteiger partial charge in [0.25, 0.3) is 5.91 Å². The molecule has 0 bridgehead atoms. The van der Waals surface area contributed by atoms with Gasteiger partial charge in [0.1, 0.15) is 0 Å². The van der Waals surface area contributed by atoms with Gasteiger partial charge in [-0.15, -0.1) is 0 Å². The number of phenols is 2. The Morgan fingerprint density at radius 2 is 2.00 bits per heavy atom. The zero-order valence-electron chi connectivity index (χ0n) is 7.44. The Bertz CT molecular complexity index is 389. The van der Waals surface area contributed by atoms with Crippen LogP contribution in [0.1, 0.15) is 10.4 Å².